The van der Waals surface area contributed by atoms with Gasteiger partial charge in [-0.1, -0.05) is 52.5 Å². The first kappa shape index (κ1) is 71.0. The van der Waals surface area contributed by atoms with Crippen LogP contribution in [0.5, 0.6) is 5.75 Å². The summed E-state index contributed by atoms with van der Waals surface area (Å²) < 4.78 is 28.6. The van der Waals surface area contributed by atoms with Crippen molar-refractivity contribution in [2.75, 3.05) is 85.6 Å². The fourth-order valence-electron chi connectivity index (χ4n) is 5.13. The van der Waals surface area contributed by atoms with Crippen molar-refractivity contribution in [3.8, 4) is 5.75 Å². The van der Waals surface area contributed by atoms with Gasteiger partial charge < -0.3 is 70.5 Å². The van der Waals surface area contributed by atoms with Gasteiger partial charge in [-0.2, -0.15) is 0 Å². The first-order chi connectivity index (χ1) is 32.4. The number of hydrogen-bond donors (Lipinski definition) is 9. The van der Waals surface area contributed by atoms with Gasteiger partial charge in [-0.15, -0.1) is 12.8 Å². The normalized spacial score (nSPS) is 10.8. The van der Waals surface area contributed by atoms with Crippen LogP contribution < -0.4 is 36.5 Å². The number of benzene rings is 1. The summed E-state index contributed by atoms with van der Waals surface area (Å²) >= 11 is 3.49. The van der Waals surface area contributed by atoms with Crippen LogP contribution in [0.2, 0.25) is 0 Å². The summed E-state index contributed by atoms with van der Waals surface area (Å²) in [7, 11) is 0. The van der Waals surface area contributed by atoms with Crippen molar-refractivity contribution in [1.29, 1.82) is 0 Å². The number of carbonyl (C=O) groups is 7. The Kier molecular flexibility index (Phi) is 58.4. The van der Waals surface area contributed by atoms with Crippen molar-refractivity contribution >= 4 is 61.5 Å². The number of nitrogens with one attached hydrogen (secondary N) is 5. The van der Waals surface area contributed by atoms with Gasteiger partial charge in [0.2, 0.25) is 24.1 Å². The summed E-state index contributed by atoms with van der Waals surface area (Å²) in [4.78, 5) is 87.1. The van der Waals surface area contributed by atoms with Crippen LogP contribution in [0, 0.1) is 0 Å². The molecule has 0 aromatic heterocycles. The summed E-state index contributed by atoms with van der Waals surface area (Å²) in [6, 6.07) is 4.83. The third kappa shape index (κ3) is 51.8. The van der Waals surface area contributed by atoms with E-state index in [1.807, 2.05) is 20.8 Å². The summed E-state index contributed by atoms with van der Waals surface area (Å²) in [6.07, 6.45) is 12.0. The topological polar surface area (TPSA) is 309 Å². The number of thiol groups is 1. The number of unbranched alkanes of at least 4 members (excludes halogenated alkanes) is 7. The van der Waals surface area contributed by atoms with Gasteiger partial charge in [0.05, 0.1) is 57.9 Å². The number of aromatic carboxylic acids is 1. The van der Waals surface area contributed by atoms with E-state index in [1.165, 1.54) is 12.1 Å². The summed E-state index contributed by atoms with van der Waals surface area (Å²) in [5.74, 6) is -2.25. The first-order valence-corrected chi connectivity index (χ1v) is 23.3. The molecule has 1 aromatic rings. The van der Waals surface area contributed by atoms with E-state index in [1.54, 1.807) is 18.4 Å². The van der Waals surface area contributed by atoms with Gasteiger partial charge >= 0.3 is 11.9 Å². The molecule has 2 atom stereocenters. The third-order valence-electron chi connectivity index (χ3n) is 8.55. The average molecular weight is 1070 g/mol. The van der Waals surface area contributed by atoms with Crippen LogP contribution in [0.4, 0.5) is 0 Å². The Morgan fingerprint density at radius 2 is 1.29 bits per heavy atom. The maximum Gasteiger partial charge on any atom is 0.335 e. The van der Waals surface area contributed by atoms with Gasteiger partial charge in [-0.05, 0) is 69.7 Å². The zero-order valence-electron chi connectivity index (χ0n) is 40.3. The average Bonchev–Trinajstić information content (AvgIpc) is 3.32. The zero-order chi connectivity index (χ0) is 50.6. The molecule has 68 heavy (non-hydrogen) atoms. The number of aliphatic carboxylic acids is 1. The molecule has 0 bridgehead atoms. The monoisotopic (exact) mass is 1060 g/mol. The predicted molar refractivity (Wildman–Crippen MR) is 256 cm³/mol. The van der Waals surface area contributed by atoms with Gasteiger partial charge in [-0.25, -0.2) is 15.9 Å². The van der Waals surface area contributed by atoms with Gasteiger partial charge in [0.25, 0.3) is 0 Å². The molecule has 0 fully saturated rings. The Morgan fingerprint density at radius 1 is 0.706 bits per heavy atom. The molecule has 0 aliphatic carbocycles. The maximum absolute atomic E-state index is 12.2. The molecule has 0 saturated heterocycles. The van der Waals surface area contributed by atoms with Crippen LogP contribution in [0.15, 0.2) is 24.3 Å². The standard InChI is InChI=1S/C28H44N2O9.C13H25N3O5.C2H4NOS.C2H6.Y/c1-2-37-20-21-38-19-17-29-25(31)16-15-24(28(35)36)30-26(32)10-8-6-4-3-5-7-9-18-39-23-13-11-22(12-14-23)27(33)34;14-12(9-17)3-1-2-4-16-13(19)10-21-8-7-20-6-5-15-11-18;4-2-1-3-5;1-2;/h11-14,24H,2-10,15-21H2,1H3,(H,29,31)(H,30,32)(H,33,34)(H,35,36);9,11-12H,1-8,10,14H2,(H,15,18)(H,16,19);3,5H,1H2;1-2H3;/q;;-1;;/t24-;12-;;;/m00.../s1. The van der Waals surface area contributed by atoms with E-state index in [4.69, 9.17) is 39.3 Å². The van der Waals surface area contributed by atoms with Crippen molar-refractivity contribution in [1.82, 2.24) is 26.0 Å². The Labute approximate surface area is 433 Å². The molecule has 21 nitrogen and oxygen atoms in total. The molecule has 0 aliphatic heterocycles. The maximum atomic E-state index is 12.2. The number of carbonyl (C=O) groups excluding carboxylic acids is 6. The molecule has 9 N–H and O–H groups in total. The van der Waals surface area contributed by atoms with Gasteiger partial charge in [0.15, 0.2) is 0 Å². The van der Waals surface area contributed by atoms with E-state index in [-0.39, 0.29) is 88.4 Å². The summed E-state index contributed by atoms with van der Waals surface area (Å²) in [5, 5.41) is 28.6. The molecule has 0 heterocycles. The Bertz CT molecular complexity index is 1410. The van der Waals surface area contributed by atoms with Gasteiger partial charge in [0, 0.05) is 71.8 Å². The van der Waals surface area contributed by atoms with E-state index >= 15 is 0 Å². The Hall–Kier alpha value is -3.61. The predicted octanol–water partition coefficient (Wildman–Crippen LogP) is 2.54. The molecule has 0 spiro atoms. The molecular weight excluding hydrogens is 985 g/mol. The number of ether oxygens (including phenoxy) is 5. The smallest absolute Gasteiger partial charge is 0.335 e. The molecule has 1 rings (SSSR count). The fraction of sp³-hybridized carbons (Fsp3) is 0.689. The van der Waals surface area contributed by atoms with E-state index in [9.17, 15) is 38.7 Å². The molecule has 4 amide bonds. The van der Waals surface area contributed by atoms with E-state index in [0.29, 0.717) is 97.5 Å². The minimum absolute atomic E-state index is 0. The summed E-state index contributed by atoms with van der Waals surface area (Å²) in [5.41, 5.74) is 5.67. The number of rotatable bonds is 41. The van der Waals surface area contributed by atoms with Crippen LogP contribution in [-0.2, 0) is 85.2 Å². The molecule has 1 radical (unpaired) electrons. The van der Waals surface area contributed by atoms with Crippen LogP contribution in [0.3, 0.4) is 0 Å². The molecule has 23 heteroatoms. The Morgan fingerprint density at radius 3 is 1.85 bits per heavy atom. The van der Waals surface area contributed by atoms with Crippen LogP contribution in [-0.4, -0.2) is 157 Å². The minimum atomic E-state index is -1.16. The number of aldehydes is 1. The zero-order valence-corrected chi connectivity index (χ0v) is 44.0. The SMILES string of the molecule is CC.CCOCCOCCNC(=O)CC[C@H](NC(=O)CCCCCCCCCOc1ccc(C(=O)O)cc1)C(=O)O.N[C@H](C=O)CCCCNC(=O)COCCOCCNC=O.O=[C-]CNS.[Y]. The molecule has 1 aromatic carbocycles. The molecule has 0 unspecified atom stereocenters. The van der Waals surface area contributed by atoms with Gasteiger partial charge in [0.1, 0.15) is 24.7 Å². The van der Waals surface area contributed by atoms with E-state index < -0.39 is 24.0 Å². The fourth-order valence-corrected chi connectivity index (χ4v) is 5.19. The number of nitrogens with two attached hydrogens (primary N) is 1. The second kappa shape index (κ2) is 56.0. The third-order valence-corrected chi connectivity index (χ3v) is 8.71. The van der Waals surface area contributed by atoms with Crippen molar-refractivity contribution in [3.63, 3.8) is 0 Å². The number of carboxylic acid groups (broad SMARTS) is 2. The van der Waals surface area contributed by atoms with Crippen molar-refractivity contribution in [3.05, 3.63) is 29.8 Å². The molecule has 0 aliphatic rings. The largest absolute Gasteiger partial charge is 0.541 e. The van der Waals surface area contributed by atoms with Crippen molar-refractivity contribution in [2.45, 2.75) is 116 Å². The molecule has 0 saturated carbocycles. The quantitative estimate of drug-likeness (QED) is 0.0197. The number of carboxylic acids is 2. The molecular formula is C45H79N6O15SY-. The van der Waals surface area contributed by atoms with Crippen LogP contribution >= 0.6 is 12.8 Å². The van der Waals surface area contributed by atoms with Crippen molar-refractivity contribution in [2.24, 2.45) is 5.73 Å². The Balaban J connectivity index is -0.000000592. The molecule has 389 valence electrons. The number of hydrogen-bond acceptors (Lipinski definition) is 16. The second-order valence-corrected chi connectivity index (χ2v) is 14.2. The van der Waals surface area contributed by atoms with Crippen LogP contribution in [0.25, 0.3) is 0 Å². The summed E-state index contributed by atoms with van der Waals surface area (Å²) in [6.45, 7) is 11.0. The second-order valence-electron chi connectivity index (χ2n) is 13.9. The van der Waals surface area contributed by atoms with E-state index in [2.05, 4.69) is 38.8 Å². The van der Waals surface area contributed by atoms with Crippen LogP contribution in [0.1, 0.15) is 115 Å². The van der Waals surface area contributed by atoms with Crippen molar-refractivity contribution < 1.29 is 105 Å². The first-order valence-electron chi connectivity index (χ1n) is 22.9. The van der Waals surface area contributed by atoms with E-state index in [0.717, 1.165) is 57.7 Å². The number of amides is 4. The van der Waals surface area contributed by atoms with Gasteiger partial charge in [-0.3, -0.25) is 23.9 Å². The minimum Gasteiger partial charge on any atom is -0.541 e.